The van der Waals surface area contributed by atoms with E-state index in [1.165, 1.54) is 6.07 Å². The molecule has 0 bridgehead atoms. The maximum absolute atomic E-state index is 13.3. The predicted molar refractivity (Wildman–Crippen MR) is 134 cm³/mol. The molecule has 4 aromatic rings. The van der Waals surface area contributed by atoms with E-state index >= 15 is 0 Å². The van der Waals surface area contributed by atoms with Crippen molar-refractivity contribution in [2.45, 2.75) is 19.8 Å². The van der Waals surface area contributed by atoms with Crippen LogP contribution >= 0.6 is 23.2 Å². The van der Waals surface area contributed by atoms with Gasteiger partial charge < -0.3 is 4.42 Å². The van der Waals surface area contributed by atoms with Crippen molar-refractivity contribution in [2.24, 2.45) is 0 Å². The number of ketones is 1. The smallest absolute Gasteiger partial charge is 0.230 e. The van der Waals surface area contributed by atoms with Gasteiger partial charge in [-0.25, -0.2) is 8.42 Å². The van der Waals surface area contributed by atoms with Crippen molar-refractivity contribution < 1.29 is 17.6 Å². The third kappa shape index (κ3) is 4.93. The minimum atomic E-state index is -3.39. The summed E-state index contributed by atoms with van der Waals surface area (Å²) in [5.74, 6) is -0.0317. The first kappa shape index (κ1) is 23.4. The summed E-state index contributed by atoms with van der Waals surface area (Å²) in [5, 5.41) is 1.55. The van der Waals surface area contributed by atoms with E-state index in [1.54, 1.807) is 30.3 Å². The lowest BCUT2D eigenvalue weighted by Gasteiger charge is -2.08. The van der Waals surface area contributed by atoms with E-state index in [4.69, 9.17) is 27.6 Å². The third-order valence-corrected chi connectivity index (χ3v) is 6.34. The molecule has 0 spiro atoms. The Labute approximate surface area is 202 Å². The van der Waals surface area contributed by atoms with Crippen LogP contribution in [0.2, 0.25) is 10.0 Å². The molecule has 0 unspecified atom stereocenters. The molecule has 170 valence electrons. The topological polar surface area (TPSA) is 76.4 Å². The third-order valence-electron chi connectivity index (χ3n) is 5.19. The maximum atomic E-state index is 13.3. The molecule has 4 rings (SSSR count). The Hall–Kier alpha value is -2.80. The average Bonchev–Trinajstić information content (AvgIpc) is 3.11. The quantitative estimate of drug-likeness (QED) is 0.285. The molecular weight excluding hydrogens is 481 g/mol. The van der Waals surface area contributed by atoms with Crippen molar-refractivity contribution in [2.75, 3.05) is 11.0 Å². The van der Waals surface area contributed by atoms with Crippen LogP contribution in [0, 0.1) is 0 Å². The summed E-state index contributed by atoms with van der Waals surface area (Å²) in [6, 6.07) is 17.5. The normalized spacial score (nSPS) is 11.8. The van der Waals surface area contributed by atoms with Crippen LogP contribution in [0.4, 0.5) is 5.69 Å². The molecule has 0 aliphatic rings. The van der Waals surface area contributed by atoms with Crippen LogP contribution in [-0.4, -0.2) is 20.5 Å². The first-order chi connectivity index (χ1) is 15.5. The molecule has 0 aliphatic heterocycles. The van der Waals surface area contributed by atoms with Gasteiger partial charge in [-0.1, -0.05) is 61.3 Å². The standard InChI is InChI=1S/C25H21Cl2NO4S/c1-14(2)23-20-9-7-16(15-5-4-6-18(11-15)28-33(3,30)31)12-22(20)32-25(23)24(29)19-10-8-17(26)13-21(19)27/h4-14,28H,1-3H3. The van der Waals surface area contributed by atoms with E-state index in [9.17, 15) is 13.2 Å². The summed E-state index contributed by atoms with van der Waals surface area (Å²) in [4.78, 5) is 13.3. The number of benzene rings is 3. The molecule has 0 radical (unpaired) electrons. The Morgan fingerprint density at radius 3 is 2.36 bits per heavy atom. The van der Waals surface area contributed by atoms with Crippen LogP contribution in [0.5, 0.6) is 0 Å². The molecule has 8 heteroatoms. The van der Waals surface area contributed by atoms with Crippen LogP contribution in [0.3, 0.4) is 0 Å². The van der Waals surface area contributed by atoms with E-state index in [-0.39, 0.29) is 22.5 Å². The van der Waals surface area contributed by atoms with Gasteiger partial charge in [0.25, 0.3) is 0 Å². The van der Waals surface area contributed by atoms with Crippen LogP contribution < -0.4 is 4.72 Å². The fraction of sp³-hybridized carbons (Fsp3) is 0.160. The predicted octanol–water partition coefficient (Wildman–Crippen LogP) is 7.13. The second kappa shape index (κ2) is 8.86. The first-order valence-electron chi connectivity index (χ1n) is 10.2. The minimum absolute atomic E-state index is 0.0319. The largest absolute Gasteiger partial charge is 0.452 e. The number of rotatable bonds is 6. The Morgan fingerprint density at radius 1 is 0.970 bits per heavy atom. The molecule has 0 saturated heterocycles. The molecule has 5 nitrogen and oxygen atoms in total. The Kier molecular flexibility index (Phi) is 6.27. The van der Waals surface area contributed by atoms with Crippen molar-refractivity contribution in [3.05, 3.63) is 87.6 Å². The van der Waals surface area contributed by atoms with Crippen molar-refractivity contribution in [1.29, 1.82) is 0 Å². The second-order valence-corrected chi connectivity index (χ2v) is 10.7. The van der Waals surface area contributed by atoms with Gasteiger partial charge in [0.2, 0.25) is 15.8 Å². The highest BCUT2D eigenvalue weighted by atomic mass is 35.5. The molecule has 33 heavy (non-hydrogen) atoms. The molecule has 0 saturated carbocycles. The number of halogens is 2. The van der Waals surface area contributed by atoms with E-state index in [0.717, 1.165) is 28.3 Å². The number of carbonyl (C=O) groups is 1. The van der Waals surface area contributed by atoms with E-state index in [2.05, 4.69) is 4.72 Å². The number of hydrogen-bond acceptors (Lipinski definition) is 4. The zero-order valence-electron chi connectivity index (χ0n) is 18.1. The summed E-state index contributed by atoms with van der Waals surface area (Å²) in [5.41, 5.74) is 3.78. The summed E-state index contributed by atoms with van der Waals surface area (Å²) in [6.45, 7) is 4.00. The molecule has 0 amide bonds. The SMILES string of the molecule is CC(C)c1c(C(=O)c2ccc(Cl)cc2Cl)oc2cc(-c3cccc(NS(C)(=O)=O)c3)ccc12. The van der Waals surface area contributed by atoms with Gasteiger partial charge in [0.15, 0.2) is 5.76 Å². The molecule has 0 fully saturated rings. The van der Waals surface area contributed by atoms with Gasteiger partial charge in [0.05, 0.1) is 11.3 Å². The van der Waals surface area contributed by atoms with Crippen LogP contribution in [-0.2, 0) is 10.0 Å². The Bertz CT molecular complexity index is 1490. The van der Waals surface area contributed by atoms with Crippen molar-refractivity contribution >= 4 is 55.7 Å². The highest BCUT2D eigenvalue weighted by Crippen LogP contribution is 2.37. The number of sulfonamides is 1. The number of fused-ring (bicyclic) bond motifs is 1. The lowest BCUT2D eigenvalue weighted by molar-refractivity contribution is 0.101. The van der Waals surface area contributed by atoms with E-state index in [1.807, 2.05) is 38.1 Å². The number of hydrogen-bond donors (Lipinski definition) is 1. The fourth-order valence-corrected chi connectivity index (χ4v) is 4.86. The van der Waals surface area contributed by atoms with Gasteiger partial charge in [0.1, 0.15) is 5.58 Å². The summed E-state index contributed by atoms with van der Waals surface area (Å²) in [7, 11) is -3.39. The van der Waals surface area contributed by atoms with Gasteiger partial charge >= 0.3 is 0 Å². The number of nitrogens with one attached hydrogen (secondary N) is 1. The molecule has 0 aliphatic carbocycles. The van der Waals surface area contributed by atoms with Crippen molar-refractivity contribution in [3.63, 3.8) is 0 Å². The average molecular weight is 502 g/mol. The summed E-state index contributed by atoms with van der Waals surface area (Å²) < 4.78 is 31.7. The van der Waals surface area contributed by atoms with Crippen LogP contribution in [0.1, 0.15) is 41.4 Å². The molecule has 1 N–H and O–H groups in total. The summed E-state index contributed by atoms with van der Waals surface area (Å²) in [6.07, 6.45) is 1.10. The molecule has 0 atom stereocenters. The number of furan rings is 1. The first-order valence-corrected chi connectivity index (χ1v) is 12.8. The minimum Gasteiger partial charge on any atom is -0.452 e. The highest BCUT2D eigenvalue weighted by Gasteiger charge is 2.25. The van der Waals surface area contributed by atoms with Gasteiger partial charge in [-0.3, -0.25) is 9.52 Å². The molecule has 3 aromatic carbocycles. The number of carbonyl (C=O) groups excluding carboxylic acids is 1. The zero-order valence-corrected chi connectivity index (χ0v) is 20.5. The maximum Gasteiger partial charge on any atom is 0.230 e. The molecule has 1 heterocycles. The lowest BCUT2D eigenvalue weighted by atomic mass is 9.94. The fourth-order valence-electron chi connectivity index (χ4n) is 3.81. The summed E-state index contributed by atoms with van der Waals surface area (Å²) >= 11 is 12.3. The van der Waals surface area contributed by atoms with Crippen LogP contribution in [0.25, 0.3) is 22.1 Å². The highest BCUT2D eigenvalue weighted by molar-refractivity contribution is 7.92. The number of anilines is 1. The lowest BCUT2D eigenvalue weighted by Crippen LogP contribution is -2.09. The van der Waals surface area contributed by atoms with Gasteiger partial charge in [-0.15, -0.1) is 0 Å². The van der Waals surface area contributed by atoms with Gasteiger partial charge in [-0.2, -0.15) is 0 Å². The van der Waals surface area contributed by atoms with Gasteiger partial charge in [-0.05, 0) is 53.4 Å². The van der Waals surface area contributed by atoms with Crippen molar-refractivity contribution in [3.8, 4) is 11.1 Å². The molecule has 1 aromatic heterocycles. The zero-order chi connectivity index (χ0) is 23.9. The second-order valence-electron chi connectivity index (χ2n) is 8.12. The van der Waals surface area contributed by atoms with E-state index < -0.39 is 10.0 Å². The van der Waals surface area contributed by atoms with Crippen LogP contribution in [0.15, 0.2) is 65.1 Å². The monoisotopic (exact) mass is 501 g/mol. The molecular formula is C25H21Cl2NO4S. The Morgan fingerprint density at radius 2 is 1.70 bits per heavy atom. The van der Waals surface area contributed by atoms with E-state index in [0.29, 0.717) is 21.9 Å². The van der Waals surface area contributed by atoms with Gasteiger partial charge in [0, 0.05) is 27.2 Å². The van der Waals surface area contributed by atoms with Crippen molar-refractivity contribution in [1.82, 2.24) is 0 Å². The Balaban J connectivity index is 1.81.